The van der Waals surface area contributed by atoms with Gasteiger partial charge in [-0.05, 0) is 25.5 Å². The fraction of sp³-hybridized carbons (Fsp3) is 0.571. The quantitative estimate of drug-likeness (QED) is 0.818. The number of anilines is 1. The van der Waals surface area contributed by atoms with E-state index in [9.17, 15) is 0 Å². The van der Waals surface area contributed by atoms with Crippen LogP contribution in [0.3, 0.4) is 0 Å². The number of piperazine rings is 1. The van der Waals surface area contributed by atoms with Gasteiger partial charge < -0.3 is 19.7 Å². The summed E-state index contributed by atoms with van der Waals surface area (Å²) in [6.07, 6.45) is 0.135. The molecule has 1 saturated heterocycles. The molecule has 2 aliphatic heterocycles. The van der Waals surface area contributed by atoms with Gasteiger partial charge in [0.05, 0.1) is 5.69 Å². The molecule has 2 heterocycles. The first-order valence-corrected chi connectivity index (χ1v) is 6.64. The second kappa shape index (κ2) is 4.69. The molecule has 1 aromatic carbocycles. The molecule has 3 rings (SSSR count). The maximum atomic E-state index is 5.91. The van der Waals surface area contributed by atoms with Crippen LogP contribution in [0.5, 0.6) is 11.5 Å². The number of ether oxygens (including phenoxy) is 2. The van der Waals surface area contributed by atoms with Crippen LogP contribution < -0.4 is 19.7 Å². The molecule has 18 heavy (non-hydrogen) atoms. The molecule has 0 spiro atoms. The van der Waals surface area contributed by atoms with Crippen LogP contribution in [0.1, 0.15) is 12.5 Å². The minimum atomic E-state index is 0.135. The van der Waals surface area contributed by atoms with Gasteiger partial charge in [0.1, 0.15) is 12.7 Å². The molecule has 1 N–H and O–H groups in total. The lowest BCUT2D eigenvalue weighted by Crippen LogP contribution is -2.44. The van der Waals surface area contributed by atoms with Crippen molar-refractivity contribution in [1.82, 2.24) is 5.32 Å². The van der Waals surface area contributed by atoms with Crippen molar-refractivity contribution < 1.29 is 9.47 Å². The van der Waals surface area contributed by atoms with E-state index in [0.717, 1.165) is 37.7 Å². The fourth-order valence-corrected chi connectivity index (χ4v) is 2.62. The van der Waals surface area contributed by atoms with Gasteiger partial charge in [-0.1, -0.05) is 6.07 Å². The zero-order chi connectivity index (χ0) is 12.5. The van der Waals surface area contributed by atoms with Gasteiger partial charge >= 0.3 is 0 Å². The van der Waals surface area contributed by atoms with Gasteiger partial charge in [0.15, 0.2) is 11.5 Å². The zero-order valence-electron chi connectivity index (χ0n) is 11.0. The Kier molecular flexibility index (Phi) is 3.04. The Bertz CT molecular complexity index is 442. The highest BCUT2D eigenvalue weighted by Crippen LogP contribution is 2.42. The van der Waals surface area contributed by atoms with Gasteiger partial charge in [-0.15, -0.1) is 0 Å². The van der Waals surface area contributed by atoms with E-state index in [1.807, 2.05) is 13.0 Å². The summed E-state index contributed by atoms with van der Waals surface area (Å²) in [5, 5.41) is 3.38. The number of nitrogens with one attached hydrogen (secondary N) is 1. The van der Waals surface area contributed by atoms with Crippen LogP contribution in [-0.2, 0) is 0 Å². The molecule has 1 aromatic rings. The predicted octanol–water partition coefficient (Wildman–Crippen LogP) is 1.56. The maximum Gasteiger partial charge on any atom is 0.184 e. The molecule has 0 aromatic heterocycles. The summed E-state index contributed by atoms with van der Waals surface area (Å²) in [5.41, 5.74) is 2.47. The molecule has 0 saturated carbocycles. The third-order valence-corrected chi connectivity index (χ3v) is 3.52. The van der Waals surface area contributed by atoms with Gasteiger partial charge in [-0.3, -0.25) is 0 Å². The summed E-state index contributed by atoms with van der Waals surface area (Å²) in [6.45, 7) is 8.91. The molecule has 4 heteroatoms. The Hall–Kier alpha value is -1.42. The molecule has 98 valence electrons. The first-order valence-electron chi connectivity index (χ1n) is 6.64. The minimum absolute atomic E-state index is 0.135. The van der Waals surface area contributed by atoms with Gasteiger partial charge in [0.2, 0.25) is 0 Å². The SMILES string of the molecule is Cc1ccc2c(c1N1CCNCC1)OCC(C)O2. The summed E-state index contributed by atoms with van der Waals surface area (Å²) in [7, 11) is 0. The standard InChI is InChI=1S/C14H20N2O2/c1-10-3-4-12-14(17-9-11(2)18-12)13(10)16-7-5-15-6-8-16/h3-4,11,15H,5-9H2,1-2H3. The molecule has 0 bridgehead atoms. The minimum Gasteiger partial charge on any atom is -0.484 e. The molecule has 0 radical (unpaired) electrons. The van der Waals surface area contributed by atoms with Gasteiger partial charge in [-0.2, -0.15) is 0 Å². The van der Waals surface area contributed by atoms with Crippen molar-refractivity contribution in [2.45, 2.75) is 20.0 Å². The van der Waals surface area contributed by atoms with E-state index in [1.165, 1.54) is 11.3 Å². The fourth-order valence-electron chi connectivity index (χ4n) is 2.62. The molecular weight excluding hydrogens is 228 g/mol. The first kappa shape index (κ1) is 11.7. The van der Waals surface area contributed by atoms with E-state index < -0.39 is 0 Å². The molecule has 0 amide bonds. The van der Waals surface area contributed by atoms with E-state index in [0.29, 0.717) is 6.61 Å². The Morgan fingerprint density at radius 3 is 2.83 bits per heavy atom. The predicted molar refractivity (Wildman–Crippen MR) is 71.8 cm³/mol. The first-order chi connectivity index (χ1) is 8.75. The van der Waals surface area contributed by atoms with Crippen LogP contribution >= 0.6 is 0 Å². The van der Waals surface area contributed by atoms with Crippen LogP contribution in [0.25, 0.3) is 0 Å². The van der Waals surface area contributed by atoms with E-state index >= 15 is 0 Å². The normalized spacial score (nSPS) is 23.0. The van der Waals surface area contributed by atoms with Crippen molar-refractivity contribution in [2.24, 2.45) is 0 Å². The molecule has 1 fully saturated rings. The smallest absolute Gasteiger partial charge is 0.184 e. The number of hydrogen-bond donors (Lipinski definition) is 1. The van der Waals surface area contributed by atoms with Crippen molar-refractivity contribution in [2.75, 3.05) is 37.7 Å². The highest BCUT2D eigenvalue weighted by Gasteiger charge is 2.25. The van der Waals surface area contributed by atoms with Gasteiger partial charge in [0, 0.05) is 26.2 Å². The Balaban J connectivity index is 1.99. The Labute approximate surface area is 108 Å². The third-order valence-electron chi connectivity index (χ3n) is 3.52. The Morgan fingerprint density at radius 2 is 2.06 bits per heavy atom. The van der Waals surface area contributed by atoms with E-state index in [4.69, 9.17) is 9.47 Å². The summed E-state index contributed by atoms with van der Waals surface area (Å²) < 4.78 is 11.8. The number of nitrogens with zero attached hydrogens (tertiary/aromatic N) is 1. The van der Waals surface area contributed by atoms with E-state index in [-0.39, 0.29) is 6.10 Å². The molecule has 4 nitrogen and oxygen atoms in total. The summed E-state index contributed by atoms with van der Waals surface area (Å²) in [5.74, 6) is 1.81. The summed E-state index contributed by atoms with van der Waals surface area (Å²) >= 11 is 0. The highest BCUT2D eigenvalue weighted by atomic mass is 16.6. The lowest BCUT2D eigenvalue weighted by Gasteiger charge is -2.34. The van der Waals surface area contributed by atoms with E-state index in [1.54, 1.807) is 0 Å². The van der Waals surface area contributed by atoms with E-state index in [2.05, 4.69) is 23.2 Å². The monoisotopic (exact) mass is 248 g/mol. The maximum absolute atomic E-state index is 5.91. The van der Waals surface area contributed by atoms with Crippen molar-refractivity contribution in [1.29, 1.82) is 0 Å². The average Bonchev–Trinajstić information content (AvgIpc) is 2.40. The van der Waals surface area contributed by atoms with Crippen molar-refractivity contribution in [3.63, 3.8) is 0 Å². The topological polar surface area (TPSA) is 33.7 Å². The van der Waals surface area contributed by atoms with Gasteiger partial charge in [-0.25, -0.2) is 0 Å². The largest absolute Gasteiger partial charge is 0.484 e. The Morgan fingerprint density at radius 1 is 1.28 bits per heavy atom. The summed E-state index contributed by atoms with van der Waals surface area (Å²) in [4.78, 5) is 2.39. The highest BCUT2D eigenvalue weighted by molar-refractivity contribution is 5.69. The number of fused-ring (bicyclic) bond motifs is 1. The zero-order valence-corrected chi connectivity index (χ0v) is 11.0. The van der Waals surface area contributed by atoms with Crippen LogP contribution in [0.2, 0.25) is 0 Å². The van der Waals surface area contributed by atoms with Crippen LogP contribution in [-0.4, -0.2) is 38.9 Å². The van der Waals surface area contributed by atoms with Crippen LogP contribution in [0, 0.1) is 6.92 Å². The molecule has 2 aliphatic rings. The van der Waals surface area contributed by atoms with Crippen LogP contribution in [0.4, 0.5) is 5.69 Å². The summed E-state index contributed by atoms with van der Waals surface area (Å²) in [6, 6.07) is 4.14. The lowest BCUT2D eigenvalue weighted by atomic mass is 10.1. The van der Waals surface area contributed by atoms with Crippen molar-refractivity contribution in [3.05, 3.63) is 17.7 Å². The molecular formula is C14H20N2O2. The molecule has 0 aliphatic carbocycles. The molecule has 1 atom stereocenters. The number of aryl methyl sites for hydroxylation is 1. The van der Waals surface area contributed by atoms with Crippen molar-refractivity contribution >= 4 is 5.69 Å². The number of hydrogen-bond acceptors (Lipinski definition) is 4. The van der Waals surface area contributed by atoms with Crippen molar-refractivity contribution in [3.8, 4) is 11.5 Å². The molecule has 1 unspecified atom stereocenters. The average molecular weight is 248 g/mol. The second-order valence-electron chi connectivity index (χ2n) is 5.03. The van der Waals surface area contributed by atoms with Gasteiger partial charge in [0.25, 0.3) is 0 Å². The lowest BCUT2D eigenvalue weighted by molar-refractivity contribution is 0.104. The second-order valence-corrected chi connectivity index (χ2v) is 5.03. The van der Waals surface area contributed by atoms with Crippen LogP contribution in [0.15, 0.2) is 12.1 Å². The number of benzene rings is 1. The third kappa shape index (κ3) is 2.01. The number of rotatable bonds is 1.